The van der Waals surface area contributed by atoms with Crippen LogP contribution in [0.3, 0.4) is 0 Å². The lowest BCUT2D eigenvalue weighted by molar-refractivity contribution is 0.296. The number of hydrogen-bond donors (Lipinski definition) is 3. The van der Waals surface area contributed by atoms with Crippen LogP contribution in [0.25, 0.3) is 0 Å². The zero-order valence-electron chi connectivity index (χ0n) is 9.94. The van der Waals surface area contributed by atoms with Crippen molar-refractivity contribution in [3.63, 3.8) is 0 Å². The molecule has 0 saturated carbocycles. The first-order valence-corrected chi connectivity index (χ1v) is 7.08. The van der Waals surface area contributed by atoms with Gasteiger partial charge in [-0.2, -0.15) is 0 Å². The Hall–Kier alpha value is -1.60. The molecule has 0 amide bonds. The number of nitrogen functional groups attached to an aromatic ring is 1. The summed E-state index contributed by atoms with van der Waals surface area (Å²) in [5, 5.41) is 20.0. The van der Waals surface area contributed by atoms with Crippen molar-refractivity contribution in [2.24, 2.45) is 5.16 Å². The quantitative estimate of drug-likeness (QED) is 0.307. The molecule has 4 N–H and O–H groups in total. The molecular weight excluding hydrogens is 256 g/mol. The van der Waals surface area contributed by atoms with Gasteiger partial charge in [0.25, 0.3) is 0 Å². The third-order valence-electron chi connectivity index (χ3n) is 2.62. The van der Waals surface area contributed by atoms with Crippen molar-refractivity contribution < 1.29 is 18.7 Å². The Morgan fingerprint density at radius 1 is 1.39 bits per heavy atom. The predicted octanol–water partition coefficient (Wildman–Crippen LogP) is 0.243. The smallest absolute Gasteiger partial charge is 0.161 e. The van der Waals surface area contributed by atoms with Gasteiger partial charge in [0.2, 0.25) is 0 Å². The summed E-state index contributed by atoms with van der Waals surface area (Å²) in [6.45, 7) is 0.829. The molecule has 100 valence electrons. The maximum atomic E-state index is 11.8. The molecule has 0 saturated heterocycles. The Morgan fingerprint density at radius 3 is 2.33 bits per heavy atom. The molecule has 0 aromatic heterocycles. The van der Waals surface area contributed by atoms with Crippen LogP contribution < -0.4 is 5.73 Å². The second-order valence-corrected chi connectivity index (χ2v) is 6.20. The highest BCUT2D eigenvalue weighted by molar-refractivity contribution is 7.92. The van der Waals surface area contributed by atoms with Crippen molar-refractivity contribution in [1.29, 1.82) is 0 Å². The molecule has 1 aromatic carbocycles. The molecule has 1 aromatic rings. The number of sulfone groups is 1. The van der Waals surface area contributed by atoms with Crippen LogP contribution in [0, 0.1) is 0 Å². The average Bonchev–Trinajstić information content (AvgIpc) is 2.36. The standard InChI is InChI=1S/C11H16N2O4S/c1-2-18(16,17)10(7-14)11(13-15)8-3-5-9(12)6-4-8/h3-6,10,14-15H,2,7,12H2,1H3/b13-11+. The van der Waals surface area contributed by atoms with Gasteiger partial charge in [-0.3, -0.25) is 0 Å². The second-order valence-electron chi connectivity index (χ2n) is 3.73. The van der Waals surface area contributed by atoms with E-state index in [1.54, 1.807) is 12.1 Å². The first-order valence-electron chi connectivity index (χ1n) is 5.36. The molecule has 0 fully saturated rings. The van der Waals surface area contributed by atoms with Gasteiger partial charge in [-0.25, -0.2) is 8.42 Å². The van der Waals surface area contributed by atoms with Crippen LogP contribution >= 0.6 is 0 Å². The highest BCUT2D eigenvalue weighted by atomic mass is 32.2. The second kappa shape index (κ2) is 5.83. The summed E-state index contributed by atoms with van der Waals surface area (Å²) < 4.78 is 23.6. The minimum absolute atomic E-state index is 0.0839. The number of aliphatic hydroxyl groups is 1. The lowest BCUT2D eigenvalue weighted by Gasteiger charge is -2.15. The molecule has 0 radical (unpaired) electrons. The first-order chi connectivity index (χ1) is 8.46. The summed E-state index contributed by atoms with van der Waals surface area (Å²) in [5.74, 6) is -0.147. The molecule has 1 atom stereocenters. The number of nitrogens with two attached hydrogens (primary N) is 1. The van der Waals surface area contributed by atoms with Crippen LogP contribution in [0.15, 0.2) is 29.4 Å². The number of benzene rings is 1. The van der Waals surface area contributed by atoms with Crippen molar-refractivity contribution in [3.8, 4) is 0 Å². The minimum Gasteiger partial charge on any atom is -0.411 e. The Morgan fingerprint density at radius 2 is 1.94 bits per heavy atom. The molecule has 0 aliphatic carbocycles. The summed E-state index contributed by atoms with van der Waals surface area (Å²) >= 11 is 0. The fourth-order valence-electron chi connectivity index (χ4n) is 1.53. The number of nitrogens with zero attached hydrogens (tertiary/aromatic N) is 1. The van der Waals surface area contributed by atoms with E-state index in [1.807, 2.05) is 0 Å². The van der Waals surface area contributed by atoms with Crippen molar-refractivity contribution >= 4 is 21.2 Å². The van der Waals surface area contributed by atoms with E-state index in [0.29, 0.717) is 11.3 Å². The van der Waals surface area contributed by atoms with Crippen LogP contribution in [0.2, 0.25) is 0 Å². The zero-order valence-corrected chi connectivity index (χ0v) is 10.8. The summed E-state index contributed by atoms with van der Waals surface area (Å²) in [6, 6.07) is 6.21. The maximum Gasteiger partial charge on any atom is 0.161 e. The van der Waals surface area contributed by atoms with E-state index < -0.39 is 21.7 Å². The summed E-state index contributed by atoms with van der Waals surface area (Å²) in [5.41, 5.74) is 6.35. The average molecular weight is 272 g/mol. The van der Waals surface area contributed by atoms with Crippen molar-refractivity contribution in [3.05, 3.63) is 29.8 Å². The predicted molar refractivity (Wildman–Crippen MR) is 69.5 cm³/mol. The fourth-order valence-corrected chi connectivity index (χ4v) is 2.69. The number of rotatable bonds is 5. The lowest BCUT2D eigenvalue weighted by Crippen LogP contribution is -2.35. The van der Waals surface area contributed by atoms with Crippen molar-refractivity contribution in [2.75, 3.05) is 18.1 Å². The largest absolute Gasteiger partial charge is 0.411 e. The number of hydrogen-bond acceptors (Lipinski definition) is 6. The van der Waals surface area contributed by atoms with Crippen LogP contribution in [0.1, 0.15) is 12.5 Å². The maximum absolute atomic E-state index is 11.8. The van der Waals surface area contributed by atoms with Gasteiger partial charge in [0.05, 0.1) is 6.61 Å². The molecule has 0 spiro atoms. The third-order valence-corrected chi connectivity index (χ3v) is 4.66. The molecule has 7 heteroatoms. The van der Waals surface area contributed by atoms with Crippen molar-refractivity contribution in [1.82, 2.24) is 0 Å². The normalized spacial score (nSPS) is 14.4. The molecule has 0 bridgehead atoms. The van der Waals surface area contributed by atoms with E-state index in [4.69, 9.17) is 10.9 Å². The van der Waals surface area contributed by atoms with Gasteiger partial charge in [0, 0.05) is 17.0 Å². The molecule has 18 heavy (non-hydrogen) atoms. The Bertz CT molecular complexity index is 522. The molecule has 0 aliphatic rings. The highest BCUT2D eigenvalue weighted by Gasteiger charge is 2.29. The number of anilines is 1. The molecule has 1 unspecified atom stereocenters. The van der Waals surface area contributed by atoms with E-state index in [2.05, 4.69) is 5.16 Å². The van der Waals surface area contributed by atoms with Gasteiger partial charge < -0.3 is 16.0 Å². The topological polar surface area (TPSA) is 113 Å². The third kappa shape index (κ3) is 2.99. The molecule has 6 nitrogen and oxygen atoms in total. The Kier molecular flexibility index (Phi) is 4.69. The summed E-state index contributed by atoms with van der Waals surface area (Å²) in [6.07, 6.45) is 0. The van der Waals surface area contributed by atoms with E-state index in [9.17, 15) is 13.5 Å². The van der Waals surface area contributed by atoms with Crippen LogP contribution in [-0.2, 0) is 9.84 Å². The Balaban J connectivity index is 3.21. The van der Waals surface area contributed by atoms with Crippen LogP contribution in [0.5, 0.6) is 0 Å². The zero-order chi connectivity index (χ0) is 13.8. The van der Waals surface area contributed by atoms with E-state index in [1.165, 1.54) is 19.1 Å². The fraction of sp³-hybridized carbons (Fsp3) is 0.364. The van der Waals surface area contributed by atoms with Crippen LogP contribution in [0.4, 0.5) is 5.69 Å². The van der Waals surface area contributed by atoms with Crippen LogP contribution in [-0.4, -0.2) is 42.1 Å². The SMILES string of the molecule is CCS(=O)(=O)C(CO)/C(=N/O)c1ccc(N)cc1. The van der Waals surface area contributed by atoms with Crippen molar-refractivity contribution in [2.45, 2.75) is 12.2 Å². The van der Waals surface area contributed by atoms with E-state index >= 15 is 0 Å². The van der Waals surface area contributed by atoms with Gasteiger partial charge in [0.1, 0.15) is 11.0 Å². The highest BCUT2D eigenvalue weighted by Crippen LogP contribution is 2.14. The molecule has 0 aliphatic heterocycles. The van der Waals surface area contributed by atoms with Gasteiger partial charge >= 0.3 is 0 Å². The Labute approximate surface area is 106 Å². The number of aliphatic hydroxyl groups excluding tert-OH is 1. The molecule has 1 rings (SSSR count). The monoisotopic (exact) mass is 272 g/mol. The van der Waals surface area contributed by atoms with Gasteiger partial charge in [0.15, 0.2) is 9.84 Å². The molecule has 0 heterocycles. The van der Waals surface area contributed by atoms with Gasteiger partial charge in [-0.05, 0) is 12.1 Å². The minimum atomic E-state index is -3.55. The van der Waals surface area contributed by atoms with E-state index in [0.717, 1.165) is 0 Å². The lowest BCUT2D eigenvalue weighted by atomic mass is 10.1. The van der Waals surface area contributed by atoms with Gasteiger partial charge in [-0.1, -0.05) is 24.2 Å². The molecular formula is C11H16N2O4S. The first kappa shape index (κ1) is 14.5. The summed E-state index contributed by atoms with van der Waals surface area (Å²) in [4.78, 5) is 0. The summed E-state index contributed by atoms with van der Waals surface area (Å²) in [7, 11) is -3.55. The number of oxime groups is 1. The van der Waals surface area contributed by atoms with E-state index in [-0.39, 0.29) is 11.5 Å². The van der Waals surface area contributed by atoms with Gasteiger partial charge in [-0.15, -0.1) is 0 Å².